The number of nitrogens with one attached hydrogen (secondary N) is 1. The summed E-state index contributed by atoms with van der Waals surface area (Å²) in [7, 11) is 0. The van der Waals surface area contributed by atoms with Crippen molar-refractivity contribution < 1.29 is 9.53 Å². The summed E-state index contributed by atoms with van der Waals surface area (Å²) >= 11 is 0. The summed E-state index contributed by atoms with van der Waals surface area (Å²) in [6, 6.07) is 19.8. The molecule has 0 unspecified atom stereocenters. The van der Waals surface area contributed by atoms with Crippen LogP contribution in [0.3, 0.4) is 0 Å². The minimum Gasteiger partial charge on any atom is -0.489 e. The second kappa shape index (κ2) is 8.40. The van der Waals surface area contributed by atoms with Gasteiger partial charge in [-0.3, -0.25) is 4.79 Å². The van der Waals surface area contributed by atoms with Gasteiger partial charge in [0.15, 0.2) is 0 Å². The van der Waals surface area contributed by atoms with Crippen molar-refractivity contribution in [3.8, 4) is 11.8 Å². The second-order valence-electron chi connectivity index (χ2n) is 5.51. The highest BCUT2D eigenvalue weighted by atomic mass is 16.5. The molecule has 0 bridgehead atoms. The maximum absolute atomic E-state index is 12.2. The Morgan fingerprint density at radius 2 is 1.85 bits per heavy atom. The largest absolute Gasteiger partial charge is 0.489 e. The van der Waals surface area contributed by atoms with Crippen LogP contribution >= 0.6 is 0 Å². The molecule has 0 aliphatic carbocycles. The number of amides is 1. The first kappa shape index (κ1) is 17.1. The van der Waals surface area contributed by atoms with E-state index in [4.69, 9.17) is 4.74 Å². The van der Waals surface area contributed by atoms with E-state index >= 15 is 0 Å². The standard InChI is InChI=1S/C20H16N4O2/c21-12-19(24-20(25)17-10-11-22-23-13-17)16-6-8-18(9-7-16)26-14-15-4-2-1-3-5-15/h1-11,13,19H,14H2,(H,24,25)/t19-/m1/s1. The van der Waals surface area contributed by atoms with Crippen LogP contribution in [0, 0.1) is 11.3 Å². The number of rotatable bonds is 6. The van der Waals surface area contributed by atoms with Crippen molar-refractivity contribution >= 4 is 5.91 Å². The number of carbonyl (C=O) groups excluding carboxylic acids is 1. The predicted molar refractivity (Wildman–Crippen MR) is 95.1 cm³/mol. The van der Waals surface area contributed by atoms with Crippen LogP contribution in [0.25, 0.3) is 0 Å². The number of aromatic nitrogens is 2. The molecule has 1 amide bonds. The number of nitrogens with zero attached hydrogens (tertiary/aromatic N) is 3. The molecule has 1 atom stereocenters. The van der Waals surface area contributed by atoms with Gasteiger partial charge in [0.25, 0.3) is 5.91 Å². The van der Waals surface area contributed by atoms with Gasteiger partial charge in [-0.1, -0.05) is 42.5 Å². The molecule has 6 nitrogen and oxygen atoms in total. The molecule has 1 heterocycles. The van der Waals surface area contributed by atoms with Crippen molar-refractivity contribution in [3.63, 3.8) is 0 Å². The van der Waals surface area contributed by atoms with Crippen LogP contribution in [0.2, 0.25) is 0 Å². The number of benzene rings is 2. The van der Waals surface area contributed by atoms with E-state index in [0.29, 0.717) is 23.5 Å². The summed E-state index contributed by atoms with van der Waals surface area (Å²) in [5, 5.41) is 19.3. The maximum Gasteiger partial charge on any atom is 0.254 e. The van der Waals surface area contributed by atoms with Crippen molar-refractivity contribution in [2.75, 3.05) is 0 Å². The first-order valence-electron chi connectivity index (χ1n) is 8.00. The van der Waals surface area contributed by atoms with Gasteiger partial charge in [-0.2, -0.15) is 15.5 Å². The van der Waals surface area contributed by atoms with Gasteiger partial charge in [0, 0.05) is 0 Å². The summed E-state index contributed by atoms with van der Waals surface area (Å²) in [6.07, 6.45) is 2.78. The van der Waals surface area contributed by atoms with Gasteiger partial charge >= 0.3 is 0 Å². The zero-order chi connectivity index (χ0) is 18.2. The van der Waals surface area contributed by atoms with Gasteiger partial charge in [-0.25, -0.2) is 0 Å². The lowest BCUT2D eigenvalue weighted by atomic mass is 10.1. The quantitative estimate of drug-likeness (QED) is 0.742. The third-order valence-corrected chi connectivity index (χ3v) is 3.71. The van der Waals surface area contributed by atoms with Gasteiger partial charge in [-0.15, -0.1) is 0 Å². The molecule has 0 saturated carbocycles. The monoisotopic (exact) mass is 344 g/mol. The molecule has 3 aromatic rings. The SMILES string of the molecule is N#C[C@@H](NC(=O)c1ccnnc1)c1ccc(OCc2ccccc2)cc1. The lowest BCUT2D eigenvalue weighted by Crippen LogP contribution is -2.27. The third-order valence-electron chi connectivity index (χ3n) is 3.71. The molecule has 0 fully saturated rings. The molecule has 2 aromatic carbocycles. The second-order valence-corrected chi connectivity index (χ2v) is 5.51. The highest BCUT2D eigenvalue weighted by molar-refractivity contribution is 5.94. The number of ether oxygens (including phenoxy) is 1. The molecule has 26 heavy (non-hydrogen) atoms. The molecule has 6 heteroatoms. The van der Waals surface area contributed by atoms with E-state index in [2.05, 4.69) is 21.6 Å². The number of hydrogen-bond acceptors (Lipinski definition) is 5. The molecule has 0 radical (unpaired) electrons. The normalized spacial score (nSPS) is 11.2. The summed E-state index contributed by atoms with van der Waals surface area (Å²) in [5.74, 6) is 0.315. The van der Waals surface area contributed by atoms with Crippen LogP contribution in [0.5, 0.6) is 5.75 Å². The average Bonchev–Trinajstić information content (AvgIpc) is 2.72. The Balaban J connectivity index is 1.62. The van der Waals surface area contributed by atoms with Crippen molar-refractivity contribution in [1.82, 2.24) is 15.5 Å². The fourth-order valence-corrected chi connectivity index (χ4v) is 2.33. The smallest absolute Gasteiger partial charge is 0.254 e. The van der Waals surface area contributed by atoms with Gasteiger partial charge in [0.2, 0.25) is 0 Å². The Morgan fingerprint density at radius 3 is 2.50 bits per heavy atom. The summed E-state index contributed by atoms with van der Waals surface area (Å²) in [6.45, 7) is 0.466. The van der Waals surface area contributed by atoms with Crippen molar-refractivity contribution in [3.05, 3.63) is 89.7 Å². The highest BCUT2D eigenvalue weighted by Gasteiger charge is 2.15. The van der Waals surface area contributed by atoms with E-state index < -0.39 is 6.04 Å². The first-order chi connectivity index (χ1) is 12.8. The highest BCUT2D eigenvalue weighted by Crippen LogP contribution is 2.19. The van der Waals surface area contributed by atoms with Crippen LogP contribution in [-0.4, -0.2) is 16.1 Å². The van der Waals surface area contributed by atoms with Crippen LogP contribution in [0.15, 0.2) is 73.1 Å². The molecule has 0 aliphatic heterocycles. The topological polar surface area (TPSA) is 87.9 Å². The zero-order valence-electron chi connectivity index (χ0n) is 13.9. The predicted octanol–water partition coefficient (Wildman–Crippen LogP) is 3.05. The summed E-state index contributed by atoms with van der Waals surface area (Å²) in [4.78, 5) is 12.2. The fourth-order valence-electron chi connectivity index (χ4n) is 2.33. The molecule has 0 saturated heterocycles. The van der Waals surface area contributed by atoms with Gasteiger partial charge < -0.3 is 10.1 Å². The van der Waals surface area contributed by atoms with Crippen molar-refractivity contribution in [2.45, 2.75) is 12.6 Å². The van der Waals surface area contributed by atoms with Crippen LogP contribution < -0.4 is 10.1 Å². The van der Waals surface area contributed by atoms with Crippen LogP contribution in [0.1, 0.15) is 27.5 Å². The lowest BCUT2D eigenvalue weighted by molar-refractivity contribution is 0.0944. The molecule has 1 aromatic heterocycles. The lowest BCUT2D eigenvalue weighted by Gasteiger charge is -2.13. The molecule has 128 valence electrons. The van der Waals surface area contributed by atoms with Gasteiger partial charge in [0.1, 0.15) is 18.4 Å². The molecule has 3 rings (SSSR count). The Hall–Kier alpha value is -3.72. The van der Waals surface area contributed by atoms with E-state index in [1.54, 1.807) is 24.3 Å². The average molecular weight is 344 g/mol. The zero-order valence-corrected chi connectivity index (χ0v) is 13.9. The summed E-state index contributed by atoms with van der Waals surface area (Å²) in [5.41, 5.74) is 2.10. The third kappa shape index (κ3) is 4.42. The summed E-state index contributed by atoms with van der Waals surface area (Å²) < 4.78 is 5.73. The van der Waals surface area contributed by atoms with Crippen LogP contribution in [0.4, 0.5) is 0 Å². The van der Waals surface area contributed by atoms with Crippen LogP contribution in [-0.2, 0) is 6.61 Å². The van der Waals surface area contributed by atoms with Gasteiger partial charge in [0.05, 0.1) is 24.0 Å². The number of hydrogen-bond donors (Lipinski definition) is 1. The molecular weight excluding hydrogens is 328 g/mol. The Kier molecular flexibility index (Phi) is 5.53. The van der Waals surface area contributed by atoms with Crippen molar-refractivity contribution in [2.24, 2.45) is 0 Å². The molecule has 0 spiro atoms. The minimum absolute atomic E-state index is 0.350. The molecule has 1 N–H and O–H groups in total. The first-order valence-corrected chi connectivity index (χ1v) is 8.00. The molecular formula is C20H16N4O2. The van der Waals surface area contributed by atoms with E-state index in [0.717, 1.165) is 5.56 Å². The Labute approximate surface area is 151 Å². The Morgan fingerprint density at radius 1 is 1.08 bits per heavy atom. The maximum atomic E-state index is 12.2. The fraction of sp³-hybridized carbons (Fsp3) is 0.100. The number of nitriles is 1. The van der Waals surface area contributed by atoms with Gasteiger partial charge in [-0.05, 0) is 29.3 Å². The van der Waals surface area contributed by atoms with E-state index in [1.807, 2.05) is 30.3 Å². The minimum atomic E-state index is -0.765. The van der Waals surface area contributed by atoms with Crippen molar-refractivity contribution in [1.29, 1.82) is 5.26 Å². The van der Waals surface area contributed by atoms with E-state index in [1.165, 1.54) is 18.5 Å². The molecule has 0 aliphatic rings. The number of carbonyl (C=O) groups is 1. The van der Waals surface area contributed by atoms with E-state index in [-0.39, 0.29) is 5.91 Å². The Bertz CT molecular complexity index is 891. The van der Waals surface area contributed by atoms with E-state index in [9.17, 15) is 10.1 Å².